The summed E-state index contributed by atoms with van der Waals surface area (Å²) in [5.41, 5.74) is 15.8. The Labute approximate surface area is 445 Å². The summed E-state index contributed by atoms with van der Waals surface area (Å²) in [6.07, 6.45) is 2.20. The van der Waals surface area contributed by atoms with Gasteiger partial charge in [-0.3, -0.25) is 0 Å². The molecule has 364 valence electrons. The molecule has 3 aromatic heterocycles. The standard InChI is InChI=1S/C68H53N4O.Pt/c1-67(2,3)49-32-29-44(30-33-49)46-31-36-61-59(38-46)57-35-34-53-42-64(57)72(61)65-40-50(68(4,5)6)39-60(69-65)48-20-14-19-47(37-48)54-23-10-11-24-56(54)58-26-16-25-55(45-17-8-7-9-18-45)66(58)71-43-70(62-27-12-13-28-63(62)71)51-21-15-22-52(41-51)73-53;/h7-40,43H,1-6H3;/q-3;. The van der Waals surface area contributed by atoms with Gasteiger partial charge >= 0.3 is 0 Å². The molecule has 0 atom stereocenters. The van der Waals surface area contributed by atoms with Crippen LogP contribution < -0.4 is 0 Å². The fourth-order valence-corrected chi connectivity index (χ4v) is 10.7. The van der Waals surface area contributed by atoms with Gasteiger partial charge in [0.1, 0.15) is 5.65 Å². The predicted octanol–water partition coefficient (Wildman–Crippen LogP) is 18.1. The summed E-state index contributed by atoms with van der Waals surface area (Å²) in [6, 6.07) is 81.8. The van der Waals surface area contributed by atoms with Gasteiger partial charge in [0.2, 0.25) is 0 Å². The zero-order chi connectivity index (χ0) is 49.6. The number of nitrogens with zero attached hydrogens (tertiary/aromatic N) is 4. The fraction of sp³-hybridized carbons (Fsp3) is 0.118. The molecule has 12 aromatic rings. The van der Waals surface area contributed by atoms with Crippen LogP contribution in [0.1, 0.15) is 52.7 Å². The van der Waals surface area contributed by atoms with Gasteiger partial charge in [-0.25, -0.2) is 4.98 Å². The third kappa shape index (κ3) is 8.17. The largest absolute Gasteiger partial charge is 0.510 e. The minimum absolute atomic E-state index is 0. The number of hydrogen-bond acceptors (Lipinski definition) is 2. The van der Waals surface area contributed by atoms with Gasteiger partial charge < -0.3 is 18.0 Å². The van der Waals surface area contributed by atoms with Crippen LogP contribution in [0.2, 0.25) is 0 Å². The molecule has 10 bridgehead atoms. The van der Waals surface area contributed by atoms with Crippen molar-refractivity contribution in [1.29, 1.82) is 0 Å². The molecule has 0 saturated heterocycles. The first-order valence-corrected chi connectivity index (χ1v) is 25.2. The minimum atomic E-state index is -0.187. The van der Waals surface area contributed by atoms with E-state index in [1.807, 2.05) is 18.2 Å². The maximum atomic E-state index is 6.84. The molecule has 1 aliphatic heterocycles. The number of aromatic nitrogens is 4. The smallest absolute Gasteiger partial charge is 0.136 e. The Morgan fingerprint density at radius 1 is 0.459 bits per heavy atom. The van der Waals surface area contributed by atoms with Crippen LogP contribution >= 0.6 is 0 Å². The van der Waals surface area contributed by atoms with E-state index in [-0.39, 0.29) is 31.9 Å². The van der Waals surface area contributed by atoms with E-state index in [4.69, 9.17) is 9.40 Å². The molecule has 0 radical (unpaired) electrons. The SMILES string of the molecule is CC(C)(C)c1ccc(-c2ccc3c(c2)c2ccc4[c-]c2n3c2cc(C(C)(C)C)cc(n2)c2cccc(c2)c2ccccc2c2cccc(-c3ccccc3)c2n2[cH-]n(c3[c-]c(ccc3)o4)-c3ccccc3-2)cc1.[Pt]. The number of para-hydroxylation sites is 3. The number of rotatable bonds is 2. The Bertz CT molecular complexity index is 4450. The van der Waals surface area contributed by atoms with Crippen molar-refractivity contribution >= 4 is 82.1 Å². The van der Waals surface area contributed by atoms with Gasteiger partial charge in [-0.05, 0) is 112 Å². The Hall–Kier alpha value is -8.11. The van der Waals surface area contributed by atoms with Gasteiger partial charge in [0.25, 0.3) is 0 Å². The molecular formula is C68H53N4OPt-3. The van der Waals surface area contributed by atoms with Crippen molar-refractivity contribution in [3.8, 4) is 33.6 Å². The van der Waals surface area contributed by atoms with E-state index >= 15 is 0 Å². The molecule has 0 amide bonds. The van der Waals surface area contributed by atoms with Crippen molar-refractivity contribution in [2.24, 2.45) is 0 Å². The maximum Gasteiger partial charge on any atom is 0.136 e. The summed E-state index contributed by atoms with van der Waals surface area (Å²) in [5.74, 6) is 0. The molecule has 0 spiro atoms. The van der Waals surface area contributed by atoms with Crippen LogP contribution in [-0.4, -0.2) is 18.5 Å². The molecule has 13 rings (SSSR count). The van der Waals surface area contributed by atoms with Gasteiger partial charge in [-0.15, -0.1) is 29.1 Å². The van der Waals surface area contributed by atoms with Crippen molar-refractivity contribution in [3.05, 3.63) is 236 Å². The average molecular weight is 1140 g/mol. The van der Waals surface area contributed by atoms with Crippen LogP contribution in [-0.2, 0) is 31.9 Å². The molecule has 0 N–H and O–H groups in total. The van der Waals surface area contributed by atoms with Gasteiger partial charge in [0.15, 0.2) is 0 Å². The summed E-state index contributed by atoms with van der Waals surface area (Å²) in [5, 5.41) is 7.68. The van der Waals surface area contributed by atoms with Crippen molar-refractivity contribution < 1.29 is 25.5 Å². The van der Waals surface area contributed by atoms with E-state index in [2.05, 4.69) is 262 Å². The van der Waals surface area contributed by atoms with E-state index in [9.17, 15) is 0 Å². The molecule has 74 heavy (non-hydrogen) atoms. The second-order valence-electron chi connectivity index (χ2n) is 21.4. The monoisotopic (exact) mass is 1140 g/mol. The van der Waals surface area contributed by atoms with Crippen LogP contribution in [0.3, 0.4) is 0 Å². The molecule has 4 heterocycles. The molecule has 1 aliphatic rings. The quantitative estimate of drug-likeness (QED) is 0.162. The van der Waals surface area contributed by atoms with Gasteiger partial charge in [0, 0.05) is 49.5 Å². The number of pyridine rings is 1. The molecule has 9 aromatic carbocycles. The molecule has 0 unspecified atom stereocenters. The Morgan fingerprint density at radius 2 is 1.12 bits per heavy atom. The first kappa shape index (κ1) is 46.9. The topological polar surface area (TPSA) is 40.3 Å². The molecule has 0 fully saturated rings. The van der Waals surface area contributed by atoms with Crippen LogP contribution in [0.15, 0.2) is 217 Å². The molecule has 6 heteroatoms. The average Bonchev–Trinajstić information content (AvgIpc) is 3.96. The van der Waals surface area contributed by atoms with Crippen molar-refractivity contribution in [2.75, 3.05) is 0 Å². The molecule has 0 aliphatic carbocycles. The number of fused-ring (bicyclic) bond motifs is 23. The maximum absolute atomic E-state index is 6.84. The van der Waals surface area contributed by atoms with Crippen molar-refractivity contribution in [2.45, 2.75) is 52.4 Å². The van der Waals surface area contributed by atoms with Crippen LogP contribution in [0.4, 0.5) is 0 Å². The van der Waals surface area contributed by atoms with E-state index in [1.165, 1.54) is 16.7 Å². The summed E-state index contributed by atoms with van der Waals surface area (Å²) >= 11 is 0. The van der Waals surface area contributed by atoms with Crippen LogP contribution in [0, 0.1) is 12.1 Å². The normalized spacial score (nSPS) is 12.1. The summed E-state index contributed by atoms with van der Waals surface area (Å²) in [4.78, 5) is 5.62. The first-order chi connectivity index (χ1) is 35.4. The zero-order valence-electron chi connectivity index (χ0n) is 42.2. The predicted molar refractivity (Wildman–Crippen MR) is 305 cm³/mol. The zero-order valence-corrected chi connectivity index (χ0v) is 44.5. The van der Waals surface area contributed by atoms with Crippen LogP contribution in [0.25, 0.3) is 116 Å². The molecular weight excluding hydrogens is 1080 g/mol. The third-order valence-corrected chi connectivity index (χ3v) is 14.6. The molecule has 5 nitrogen and oxygen atoms in total. The minimum Gasteiger partial charge on any atom is -0.510 e. The Balaban J connectivity index is 0.00000556. The number of imidazole rings is 1. The fourth-order valence-electron chi connectivity index (χ4n) is 10.7. The van der Waals surface area contributed by atoms with Crippen molar-refractivity contribution in [3.63, 3.8) is 0 Å². The van der Waals surface area contributed by atoms with Gasteiger partial charge in [-0.1, -0.05) is 199 Å². The van der Waals surface area contributed by atoms with E-state index in [0.29, 0.717) is 11.2 Å². The number of benzene rings is 9. The third-order valence-electron chi connectivity index (χ3n) is 14.6. The Morgan fingerprint density at radius 3 is 1.91 bits per heavy atom. The molecule has 0 saturated carbocycles. The second kappa shape index (κ2) is 18.1. The first-order valence-electron chi connectivity index (χ1n) is 25.2. The van der Waals surface area contributed by atoms with Gasteiger partial charge in [-0.2, -0.15) is 24.3 Å². The van der Waals surface area contributed by atoms with E-state index in [1.54, 1.807) is 0 Å². The van der Waals surface area contributed by atoms with E-state index < -0.39 is 0 Å². The van der Waals surface area contributed by atoms with Gasteiger partial charge in [0.05, 0.1) is 5.52 Å². The second-order valence-corrected chi connectivity index (χ2v) is 21.4. The van der Waals surface area contributed by atoms with E-state index in [0.717, 1.165) is 99.0 Å². The number of hydrogen-bond donors (Lipinski definition) is 0. The summed E-state index contributed by atoms with van der Waals surface area (Å²) in [6.45, 7) is 13.6. The summed E-state index contributed by atoms with van der Waals surface area (Å²) in [7, 11) is 0. The Kier molecular flexibility index (Phi) is 11.5. The summed E-state index contributed by atoms with van der Waals surface area (Å²) < 4.78 is 13.7. The van der Waals surface area contributed by atoms with Crippen LogP contribution in [0.5, 0.6) is 0 Å². The van der Waals surface area contributed by atoms with Crippen molar-refractivity contribution in [1.82, 2.24) is 18.5 Å².